The molecule has 0 aliphatic heterocycles. The summed E-state index contributed by atoms with van der Waals surface area (Å²) in [5, 5.41) is 2.89. The van der Waals surface area contributed by atoms with Crippen LogP contribution in [0.3, 0.4) is 0 Å². The molecule has 35 heavy (non-hydrogen) atoms. The summed E-state index contributed by atoms with van der Waals surface area (Å²) in [6, 6.07) is 24.3. The van der Waals surface area contributed by atoms with Crippen LogP contribution in [0.25, 0.3) is 0 Å². The lowest BCUT2D eigenvalue weighted by molar-refractivity contribution is -0.119. The summed E-state index contributed by atoms with van der Waals surface area (Å²) in [7, 11) is -3.90. The average Bonchev–Trinajstić information content (AvgIpc) is 2.85. The van der Waals surface area contributed by atoms with Crippen LogP contribution in [0.2, 0.25) is 0 Å². The summed E-state index contributed by atoms with van der Waals surface area (Å²) in [5.74, 6) is 1.86. The molecule has 0 heterocycles. The van der Waals surface area contributed by atoms with Crippen molar-refractivity contribution >= 4 is 33.4 Å². The number of sulfonamides is 1. The molecule has 0 bridgehead atoms. The number of benzene rings is 3. The number of nitrogens with one attached hydrogen (secondary N) is 1. The molecule has 0 spiro atoms. The standard InChI is InChI=1S/C28H34N2O3S2/c1-22(2)25-12-14-26(15-13-25)30(35(32,33)27-16-10-23(3)11-17-27)20-28(31)29-18-7-19-34-21-24-8-5-4-6-9-24/h4-6,8-17,22H,7,18-21H2,1-3H3,(H,29,31). The molecule has 0 aromatic heterocycles. The van der Waals surface area contributed by atoms with Crippen LogP contribution in [-0.2, 0) is 20.6 Å². The van der Waals surface area contributed by atoms with Crippen LogP contribution in [0.15, 0.2) is 83.8 Å². The predicted molar refractivity (Wildman–Crippen MR) is 146 cm³/mol. The quantitative estimate of drug-likeness (QED) is 0.315. The lowest BCUT2D eigenvalue weighted by Crippen LogP contribution is -2.41. The maximum atomic E-state index is 13.5. The number of anilines is 1. The first-order chi connectivity index (χ1) is 16.8. The number of aryl methyl sites for hydroxylation is 1. The number of thioether (sulfide) groups is 1. The van der Waals surface area contributed by atoms with Gasteiger partial charge in [-0.15, -0.1) is 0 Å². The molecule has 3 aromatic rings. The predicted octanol–water partition coefficient (Wildman–Crippen LogP) is 5.75. The fourth-order valence-electron chi connectivity index (χ4n) is 3.53. The van der Waals surface area contributed by atoms with E-state index in [-0.39, 0.29) is 17.3 Å². The van der Waals surface area contributed by atoms with Crippen molar-refractivity contribution in [2.24, 2.45) is 0 Å². The maximum Gasteiger partial charge on any atom is 0.264 e. The molecule has 0 unspecified atom stereocenters. The van der Waals surface area contributed by atoms with Crippen molar-refractivity contribution in [2.75, 3.05) is 23.1 Å². The van der Waals surface area contributed by atoms with Crippen molar-refractivity contribution in [3.8, 4) is 0 Å². The van der Waals surface area contributed by atoms with Gasteiger partial charge in [-0.1, -0.05) is 74.0 Å². The molecular weight excluding hydrogens is 476 g/mol. The van der Waals surface area contributed by atoms with Gasteiger partial charge in [-0.25, -0.2) is 8.42 Å². The second kappa shape index (κ2) is 12.8. The second-order valence-electron chi connectivity index (χ2n) is 8.81. The first-order valence-electron chi connectivity index (χ1n) is 11.8. The Morgan fingerprint density at radius 3 is 2.23 bits per heavy atom. The molecule has 3 aromatic carbocycles. The molecule has 1 amide bonds. The van der Waals surface area contributed by atoms with Gasteiger partial charge in [0.15, 0.2) is 0 Å². The maximum absolute atomic E-state index is 13.5. The van der Waals surface area contributed by atoms with Gasteiger partial charge in [0.1, 0.15) is 6.54 Å². The molecule has 0 aliphatic carbocycles. The van der Waals surface area contributed by atoms with Gasteiger partial charge < -0.3 is 5.32 Å². The van der Waals surface area contributed by atoms with Gasteiger partial charge in [0, 0.05) is 12.3 Å². The van der Waals surface area contributed by atoms with Crippen LogP contribution in [0.1, 0.15) is 42.9 Å². The zero-order valence-corrected chi connectivity index (χ0v) is 22.2. The van der Waals surface area contributed by atoms with Crippen LogP contribution in [0, 0.1) is 6.92 Å². The Morgan fingerprint density at radius 2 is 1.60 bits per heavy atom. The van der Waals surface area contributed by atoms with E-state index in [2.05, 4.69) is 31.3 Å². The van der Waals surface area contributed by atoms with Crippen molar-refractivity contribution in [1.82, 2.24) is 5.32 Å². The molecule has 0 radical (unpaired) electrons. The van der Waals surface area contributed by atoms with Crippen LogP contribution < -0.4 is 9.62 Å². The smallest absolute Gasteiger partial charge is 0.264 e. The van der Waals surface area contributed by atoms with Crippen molar-refractivity contribution in [3.63, 3.8) is 0 Å². The van der Waals surface area contributed by atoms with E-state index >= 15 is 0 Å². The largest absolute Gasteiger partial charge is 0.354 e. The summed E-state index contributed by atoms with van der Waals surface area (Å²) < 4.78 is 28.2. The van der Waals surface area contributed by atoms with Crippen LogP contribution in [0.4, 0.5) is 5.69 Å². The van der Waals surface area contributed by atoms with Gasteiger partial charge in [-0.05, 0) is 60.4 Å². The van der Waals surface area contributed by atoms with E-state index in [4.69, 9.17) is 0 Å². The van der Waals surface area contributed by atoms with Gasteiger partial charge in [-0.3, -0.25) is 9.10 Å². The van der Waals surface area contributed by atoms with Crippen molar-refractivity contribution in [2.45, 2.75) is 43.8 Å². The van der Waals surface area contributed by atoms with Gasteiger partial charge in [0.05, 0.1) is 10.6 Å². The molecule has 0 saturated heterocycles. The van der Waals surface area contributed by atoms with Crippen molar-refractivity contribution in [1.29, 1.82) is 0 Å². The van der Waals surface area contributed by atoms with Gasteiger partial charge in [0.2, 0.25) is 5.91 Å². The monoisotopic (exact) mass is 510 g/mol. The lowest BCUT2D eigenvalue weighted by atomic mass is 10.0. The van der Waals surface area contributed by atoms with E-state index < -0.39 is 10.0 Å². The fraction of sp³-hybridized carbons (Fsp3) is 0.321. The highest BCUT2D eigenvalue weighted by molar-refractivity contribution is 7.98. The third-order valence-corrected chi connectivity index (χ3v) is 8.55. The molecule has 7 heteroatoms. The highest BCUT2D eigenvalue weighted by Crippen LogP contribution is 2.26. The summed E-state index contributed by atoms with van der Waals surface area (Å²) in [6.07, 6.45) is 0.817. The van der Waals surface area contributed by atoms with Gasteiger partial charge >= 0.3 is 0 Å². The van der Waals surface area contributed by atoms with E-state index in [1.54, 1.807) is 36.4 Å². The SMILES string of the molecule is Cc1ccc(S(=O)(=O)N(CC(=O)NCCCSCc2ccccc2)c2ccc(C(C)C)cc2)cc1. The number of amides is 1. The molecule has 1 N–H and O–H groups in total. The normalized spacial score (nSPS) is 11.4. The fourth-order valence-corrected chi connectivity index (χ4v) is 5.87. The highest BCUT2D eigenvalue weighted by atomic mass is 32.2. The Balaban J connectivity index is 1.63. The summed E-state index contributed by atoms with van der Waals surface area (Å²) >= 11 is 1.82. The van der Waals surface area contributed by atoms with Crippen LogP contribution >= 0.6 is 11.8 Å². The number of hydrogen-bond donors (Lipinski definition) is 1. The molecule has 0 aliphatic rings. The minimum absolute atomic E-state index is 0.168. The van der Waals surface area contributed by atoms with Crippen LogP contribution in [0.5, 0.6) is 0 Å². The zero-order chi connectivity index (χ0) is 25.3. The molecule has 186 valence electrons. The van der Waals surface area contributed by atoms with E-state index in [0.717, 1.165) is 29.1 Å². The van der Waals surface area contributed by atoms with Gasteiger partial charge in [-0.2, -0.15) is 11.8 Å². The minimum Gasteiger partial charge on any atom is -0.354 e. The Labute approximate surface area is 214 Å². The number of carbonyl (C=O) groups excluding carboxylic acids is 1. The number of hydrogen-bond acceptors (Lipinski definition) is 4. The topological polar surface area (TPSA) is 66.5 Å². The molecule has 0 atom stereocenters. The summed E-state index contributed by atoms with van der Waals surface area (Å²) in [6.45, 7) is 6.31. The molecule has 3 rings (SSSR count). The molecule has 5 nitrogen and oxygen atoms in total. The summed E-state index contributed by atoms with van der Waals surface area (Å²) in [5.41, 5.74) is 3.84. The van der Waals surface area contributed by atoms with E-state index in [1.165, 1.54) is 9.87 Å². The lowest BCUT2D eigenvalue weighted by Gasteiger charge is -2.24. The Bertz CT molecular complexity index is 1180. The minimum atomic E-state index is -3.90. The Kier molecular flexibility index (Phi) is 9.81. The third kappa shape index (κ3) is 7.87. The first kappa shape index (κ1) is 26.8. The number of nitrogens with zero attached hydrogens (tertiary/aromatic N) is 1. The molecule has 0 fully saturated rings. The zero-order valence-electron chi connectivity index (χ0n) is 20.6. The van der Waals surface area contributed by atoms with E-state index in [9.17, 15) is 13.2 Å². The van der Waals surface area contributed by atoms with E-state index in [0.29, 0.717) is 18.2 Å². The molecular formula is C28H34N2O3S2. The van der Waals surface area contributed by atoms with Crippen LogP contribution in [-0.4, -0.2) is 33.2 Å². The number of rotatable bonds is 12. The third-order valence-electron chi connectivity index (χ3n) is 5.64. The van der Waals surface area contributed by atoms with Crippen molar-refractivity contribution < 1.29 is 13.2 Å². The molecule has 0 saturated carbocycles. The highest BCUT2D eigenvalue weighted by Gasteiger charge is 2.27. The van der Waals surface area contributed by atoms with Gasteiger partial charge in [0.25, 0.3) is 10.0 Å². The Hall–Kier alpha value is -2.77. The summed E-state index contributed by atoms with van der Waals surface area (Å²) in [4.78, 5) is 12.9. The Morgan fingerprint density at radius 1 is 0.943 bits per heavy atom. The first-order valence-corrected chi connectivity index (χ1v) is 14.4. The van der Waals surface area contributed by atoms with E-state index in [1.807, 2.05) is 49.0 Å². The number of carbonyl (C=O) groups is 1. The second-order valence-corrected chi connectivity index (χ2v) is 11.8. The average molecular weight is 511 g/mol. The van der Waals surface area contributed by atoms with Crippen molar-refractivity contribution in [3.05, 3.63) is 95.6 Å².